The van der Waals surface area contributed by atoms with Crippen LogP contribution in [-0.4, -0.2) is 36.5 Å². The molecule has 2 aliphatic carbocycles. The zero-order valence-electron chi connectivity index (χ0n) is 13.2. The van der Waals surface area contributed by atoms with Gasteiger partial charge in [-0.15, -0.1) is 0 Å². The Kier molecular flexibility index (Phi) is 2.93. The fourth-order valence-corrected chi connectivity index (χ4v) is 4.18. The fourth-order valence-electron chi connectivity index (χ4n) is 4.18. The highest BCUT2D eigenvalue weighted by atomic mass is 16.8. The molecule has 0 amide bonds. The summed E-state index contributed by atoms with van der Waals surface area (Å²) in [7, 11) is 0. The van der Waals surface area contributed by atoms with Gasteiger partial charge in [-0.25, -0.2) is 0 Å². The minimum Gasteiger partial charge on any atom is -0.348 e. The summed E-state index contributed by atoms with van der Waals surface area (Å²) >= 11 is 0. The maximum absolute atomic E-state index is 6.23. The molecule has 0 radical (unpaired) electrons. The van der Waals surface area contributed by atoms with Crippen LogP contribution in [0.3, 0.4) is 0 Å². The fraction of sp³-hybridized carbons (Fsp3) is 0.765. The zero-order chi connectivity index (χ0) is 14.8. The van der Waals surface area contributed by atoms with E-state index in [1.807, 2.05) is 27.7 Å². The van der Waals surface area contributed by atoms with Gasteiger partial charge in [0.1, 0.15) is 0 Å². The van der Waals surface area contributed by atoms with Gasteiger partial charge in [0.25, 0.3) is 0 Å². The first-order valence-corrected chi connectivity index (χ1v) is 7.90. The van der Waals surface area contributed by atoms with E-state index in [0.717, 1.165) is 12.8 Å². The van der Waals surface area contributed by atoms with Gasteiger partial charge in [0, 0.05) is 12.3 Å². The van der Waals surface area contributed by atoms with Crippen LogP contribution in [0.5, 0.6) is 0 Å². The minimum absolute atomic E-state index is 0.0511. The van der Waals surface area contributed by atoms with Crippen LogP contribution >= 0.6 is 0 Å². The maximum Gasteiger partial charge on any atom is 0.163 e. The highest BCUT2D eigenvalue weighted by Crippen LogP contribution is 2.48. The van der Waals surface area contributed by atoms with Crippen molar-refractivity contribution in [1.29, 1.82) is 0 Å². The highest BCUT2D eigenvalue weighted by Gasteiger charge is 2.53. The van der Waals surface area contributed by atoms with Gasteiger partial charge < -0.3 is 18.9 Å². The molecule has 4 rings (SSSR count). The smallest absolute Gasteiger partial charge is 0.163 e. The molecule has 0 saturated carbocycles. The van der Waals surface area contributed by atoms with Crippen LogP contribution in [0.2, 0.25) is 0 Å². The molecule has 2 aliphatic heterocycles. The number of fused-ring (bicyclic) bond motifs is 1. The Morgan fingerprint density at radius 1 is 1.00 bits per heavy atom. The molecular formula is C17H24O4. The number of hydrogen-bond acceptors (Lipinski definition) is 4. The van der Waals surface area contributed by atoms with E-state index in [0.29, 0.717) is 6.61 Å². The Bertz CT molecular complexity index is 517. The predicted octanol–water partition coefficient (Wildman–Crippen LogP) is 2.93. The topological polar surface area (TPSA) is 36.9 Å². The van der Waals surface area contributed by atoms with E-state index in [2.05, 4.69) is 12.2 Å². The molecule has 2 fully saturated rings. The van der Waals surface area contributed by atoms with E-state index in [4.69, 9.17) is 18.9 Å². The summed E-state index contributed by atoms with van der Waals surface area (Å²) < 4.78 is 24.3. The Balaban J connectivity index is 1.67. The Hall–Kier alpha value is -0.680. The molecule has 21 heavy (non-hydrogen) atoms. The van der Waals surface area contributed by atoms with Crippen molar-refractivity contribution in [3.63, 3.8) is 0 Å². The average molecular weight is 292 g/mol. The second kappa shape index (κ2) is 4.42. The summed E-state index contributed by atoms with van der Waals surface area (Å²) in [5, 5.41) is 0. The molecule has 4 nitrogen and oxygen atoms in total. The van der Waals surface area contributed by atoms with Crippen molar-refractivity contribution in [2.75, 3.05) is 6.61 Å². The Morgan fingerprint density at radius 3 is 2.48 bits per heavy atom. The SMILES string of the molecule is CC1(C)O[C@H]2[C@H]([C@H]3COC(C)(C)O3)C3=C(C=CC3)C[C@H]2O1. The molecule has 2 saturated heterocycles. The first-order chi connectivity index (χ1) is 9.85. The number of rotatable bonds is 1. The lowest BCUT2D eigenvalue weighted by atomic mass is 9.77. The van der Waals surface area contributed by atoms with E-state index in [-0.39, 0.29) is 24.2 Å². The molecule has 0 bridgehead atoms. The van der Waals surface area contributed by atoms with Gasteiger partial charge in [0.2, 0.25) is 0 Å². The molecule has 0 N–H and O–H groups in total. The van der Waals surface area contributed by atoms with Gasteiger partial charge in [0.05, 0.1) is 24.9 Å². The second-order valence-electron chi connectivity index (χ2n) is 7.39. The molecular weight excluding hydrogens is 268 g/mol. The van der Waals surface area contributed by atoms with Crippen LogP contribution in [0.15, 0.2) is 23.3 Å². The van der Waals surface area contributed by atoms with Crippen molar-refractivity contribution in [3.8, 4) is 0 Å². The Labute approximate surface area is 126 Å². The van der Waals surface area contributed by atoms with Gasteiger partial charge >= 0.3 is 0 Å². The van der Waals surface area contributed by atoms with Crippen LogP contribution in [0.4, 0.5) is 0 Å². The van der Waals surface area contributed by atoms with E-state index >= 15 is 0 Å². The van der Waals surface area contributed by atoms with Gasteiger partial charge in [-0.1, -0.05) is 17.7 Å². The molecule has 4 heteroatoms. The first-order valence-electron chi connectivity index (χ1n) is 7.90. The van der Waals surface area contributed by atoms with Gasteiger partial charge in [-0.05, 0) is 39.7 Å². The summed E-state index contributed by atoms with van der Waals surface area (Å²) in [6.07, 6.45) is 6.69. The van der Waals surface area contributed by atoms with Crippen molar-refractivity contribution >= 4 is 0 Å². The summed E-state index contributed by atoms with van der Waals surface area (Å²) in [6, 6.07) is 0. The van der Waals surface area contributed by atoms with Crippen LogP contribution in [0, 0.1) is 5.92 Å². The molecule has 0 aromatic rings. The highest BCUT2D eigenvalue weighted by molar-refractivity contribution is 5.40. The number of ether oxygens (including phenoxy) is 4. The Morgan fingerprint density at radius 2 is 1.76 bits per heavy atom. The largest absolute Gasteiger partial charge is 0.348 e. The van der Waals surface area contributed by atoms with Crippen molar-refractivity contribution < 1.29 is 18.9 Å². The van der Waals surface area contributed by atoms with Crippen LogP contribution in [0.1, 0.15) is 40.5 Å². The molecule has 0 unspecified atom stereocenters. The van der Waals surface area contributed by atoms with Crippen molar-refractivity contribution in [2.45, 2.75) is 70.4 Å². The molecule has 0 spiro atoms. The average Bonchev–Trinajstić information content (AvgIpc) is 3.01. The minimum atomic E-state index is -0.508. The third-order valence-corrected chi connectivity index (χ3v) is 4.90. The van der Waals surface area contributed by atoms with Crippen LogP contribution < -0.4 is 0 Å². The quantitative estimate of drug-likeness (QED) is 0.744. The van der Waals surface area contributed by atoms with Crippen LogP contribution in [-0.2, 0) is 18.9 Å². The monoisotopic (exact) mass is 292 g/mol. The number of allylic oxidation sites excluding steroid dienone is 2. The summed E-state index contributed by atoms with van der Waals surface area (Å²) in [4.78, 5) is 0. The summed E-state index contributed by atoms with van der Waals surface area (Å²) in [5.41, 5.74) is 2.87. The third kappa shape index (κ3) is 2.29. The van der Waals surface area contributed by atoms with Crippen molar-refractivity contribution in [1.82, 2.24) is 0 Å². The van der Waals surface area contributed by atoms with Gasteiger partial charge in [-0.3, -0.25) is 0 Å². The van der Waals surface area contributed by atoms with E-state index < -0.39 is 11.6 Å². The van der Waals surface area contributed by atoms with Gasteiger partial charge in [-0.2, -0.15) is 0 Å². The lowest BCUT2D eigenvalue weighted by molar-refractivity contribution is -0.162. The third-order valence-electron chi connectivity index (χ3n) is 4.90. The van der Waals surface area contributed by atoms with Gasteiger partial charge in [0.15, 0.2) is 11.6 Å². The van der Waals surface area contributed by atoms with Crippen molar-refractivity contribution in [2.24, 2.45) is 5.92 Å². The lowest BCUT2D eigenvalue weighted by Gasteiger charge is -2.36. The van der Waals surface area contributed by atoms with E-state index in [9.17, 15) is 0 Å². The molecule has 4 atom stereocenters. The maximum atomic E-state index is 6.23. The number of hydrogen-bond donors (Lipinski definition) is 0. The predicted molar refractivity (Wildman–Crippen MR) is 77.6 cm³/mol. The molecule has 4 aliphatic rings. The lowest BCUT2D eigenvalue weighted by Crippen LogP contribution is -2.44. The zero-order valence-corrected chi connectivity index (χ0v) is 13.2. The first kappa shape index (κ1) is 13.9. The normalized spacial score (nSPS) is 43.2. The van der Waals surface area contributed by atoms with Crippen LogP contribution in [0.25, 0.3) is 0 Å². The summed E-state index contributed by atoms with van der Waals surface area (Å²) in [6.45, 7) is 8.58. The summed E-state index contributed by atoms with van der Waals surface area (Å²) in [5.74, 6) is -0.775. The van der Waals surface area contributed by atoms with Crippen molar-refractivity contribution in [3.05, 3.63) is 23.3 Å². The second-order valence-corrected chi connectivity index (χ2v) is 7.39. The van der Waals surface area contributed by atoms with E-state index in [1.54, 1.807) is 0 Å². The molecule has 116 valence electrons. The molecule has 2 heterocycles. The molecule has 0 aromatic carbocycles. The molecule has 0 aromatic heterocycles. The standard InChI is InChI=1S/C17H24O4/c1-16(2)18-9-13(20-16)14-11-7-5-6-10(11)8-12-15(14)21-17(3,4)19-12/h5-6,12-15H,7-9H2,1-4H3/t12-,13-,14+,15-/m1/s1. The van der Waals surface area contributed by atoms with E-state index in [1.165, 1.54) is 11.1 Å².